The molecule has 19 heavy (non-hydrogen) atoms. The van der Waals surface area contributed by atoms with Gasteiger partial charge in [0.15, 0.2) is 0 Å². The molecule has 0 saturated carbocycles. The molecule has 3 nitrogen and oxygen atoms in total. The molecule has 0 heterocycles. The van der Waals surface area contributed by atoms with Crippen LogP contribution in [0.3, 0.4) is 0 Å². The van der Waals surface area contributed by atoms with Crippen molar-refractivity contribution < 1.29 is 4.74 Å². The van der Waals surface area contributed by atoms with Crippen LogP contribution in [0.5, 0.6) is 5.75 Å². The molecule has 0 fully saturated rings. The molecule has 108 valence electrons. The van der Waals surface area contributed by atoms with Crippen molar-refractivity contribution in [3.05, 3.63) is 28.3 Å². The zero-order valence-corrected chi connectivity index (χ0v) is 13.2. The fourth-order valence-corrected chi connectivity index (χ4v) is 2.50. The lowest BCUT2D eigenvalue weighted by molar-refractivity contribution is 0.280. The third kappa shape index (κ3) is 3.95. The highest BCUT2D eigenvalue weighted by molar-refractivity contribution is 5.48. The lowest BCUT2D eigenvalue weighted by Gasteiger charge is -2.24. The van der Waals surface area contributed by atoms with Gasteiger partial charge in [-0.05, 0) is 68.6 Å². The summed E-state index contributed by atoms with van der Waals surface area (Å²) in [4.78, 5) is 2.35. The third-order valence-electron chi connectivity index (χ3n) is 3.88. The second-order valence-corrected chi connectivity index (χ2v) is 5.66. The minimum atomic E-state index is 0.532. The Kier molecular flexibility index (Phi) is 5.83. The Morgan fingerprint density at radius 1 is 1.26 bits per heavy atom. The van der Waals surface area contributed by atoms with E-state index in [0.29, 0.717) is 5.92 Å². The number of nitrogens with zero attached hydrogens (tertiary/aromatic N) is 1. The van der Waals surface area contributed by atoms with Crippen LogP contribution in [-0.4, -0.2) is 32.1 Å². The number of rotatable bonds is 6. The number of nitrogens with two attached hydrogens (primary N) is 1. The molecule has 1 aromatic carbocycles. The van der Waals surface area contributed by atoms with Crippen LogP contribution < -0.4 is 10.5 Å². The summed E-state index contributed by atoms with van der Waals surface area (Å²) in [6, 6.07) is 2.14. The summed E-state index contributed by atoms with van der Waals surface area (Å²) in [5, 5.41) is 0. The maximum Gasteiger partial charge on any atom is 0.122 e. The number of benzene rings is 1. The molecular formula is C16H28N2O. The molecule has 1 rings (SSSR count). The van der Waals surface area contributed by atoms with Crippen molar-refractivity contribution in [2.75, 3.05) is 27.2 Å². The molecule has 0 saturated heterocycles. The van der Waals surface area contributed by atoms with Crippen LogP contribution in [0.1, 0.15) is 29.2 Å². The van der Waals surface area contributed by atoms with Gasteiger partial charge >= 0.3 is 0 Å². The molecule has 0 aromatic heterocycles. The molecule has 1 atom stereocenters. The van der Waals surface area contributed by atoms with Crippen molar-refractivity contribution in [3.8, 4) is 5.75 Å². The minimum Gasteiger partial charge on any atom is -0.496 e. The molecular weight excluding hydrogens is 236 g/mol. The Morgan fingerprint density at radius 3 is 2.42 bits per heavy atom. The van der Waals surface area contributed by atoms with Crippen molar-refractivity contribution in [2.45, 2.75) is 34.2 Å². The van der Waals surface area contributed by atoms with Gasteiger partial charge in [0, 0.05) is 13.1 Å². The van der Waals surface area contributed by atoms with Crippen molar-refractivity contribution in [1.29, 1.82) is 0 Å². The van der Waals surface area contributed by atoms with Crippen LogP contribution in [0.4, 0.5) is 0 Å². The third-order valence-corrected chi connectivity index (χ3v) is 3.88. The lowest BCUT2D eigenvalue weighted by atomic mass is 9.96. The first-order chi connectivity index (χ1) is 8.90. The van der Waals surface area contributed by atoms with Crippen LogP contribution >= 0.6 is 0 Å². The zero-order valence-electron chi connectivity index (χ0n) is 13.2. The molecule has 0 amide bonds. The first-order valence-electron chi connectivity index (χ1n) is 6.93. The van der Waals surface area contributed by atoms with E-state index in [1.54, 1.807) is 7.11 Å². The predicted octanol–water partition coefficient (Wildman–Crippen LogP) is 2.65. The summed E-state index contributed by atoms with van der Waals surface area (Å²) < 4.78 is 5.42. The number of methoxy groups -OCH3 is 1. The Morgan fingerprint density at radius 2 is 1.89 bits per heavy atom. The highest BCUT2D eigenvalue weighted by Crippen LogP contribution is 2.28. The average Bonchev–Trinajstić information content (AvgIpc) is 2.38. The van der Waals surface area contributed by atoms with E-state index < -0.39 is 0 Å². The molecule has 0 spiro atoms. The van der Waals surface area contributed by atoms with E-state index in [1.165, 1.54) is 22.3 Å². The molecule has 2 N–H and O–H groups in total. The molecule has 1 unspecified atom stereocenters. The van der Waals surface area contributed by atoms with E-state index in [2.05, 4.69) is 45.7 Å². The second-order valence-electron chi connectivity index (χ2n) is 5.66. The van der Waals surface area contributed by atoms with E-state index in [1.807, 2.05) is 0 Å². The van der Waals surface area contributed by atoms with Gasteiger partial charge in [0.25, 0.3) is 0 Å². The van der Waals surface area contributed by atoms with Gasteiger partial charge in [-0.25, -0.2) is 0 Å². The van der Waals surface area contributed by atoms with Gasteiger partial charge in [-0.3, -0.25) is 0 Å². The number of ether oxygens (including phenoxy) is 1. The monoisotopic (exact) mass is 264 g/mol. The van der Waals surface area contributed by atoms with Gasteiger partial charge in [0.05, 0.1) is 7.11 Å². The smallest absolute Gasteiger partial charge is 0.122 e. The van der Waals surface area contributed by atoms with Crippen molar-refractivity contribution in [1.82, 2.24) is 4.90 Å². The summed E-state index contributed by atoms with van der Waals surface area (Å²) in [7, 11) is 3.89. The maximum absolute atomic E-state index is 5.69. The van der Waals surface area contributed by atoms with E-state index in [-0.39, 0.29) is 0 Å². The maximum atomic E-state index is 5.69. The largest absolute Gasteiger partial charge is 0.496 e. The number of hydrogen-bond acceptors (Lipinski definition) is 3. The molecule has 3 heteroatoms. The fourth-order valence-electron chi connectivity index (χ4n) is 2.50. The highest BCUT2D eigenvalue weighted by atomic mass is 16.5. The first kappa shape index (κ1) is 16.0. The molecule has 0 aliphatic carbocycles. The van der Waals surface area contributed by atoms with Crippen LogP contribution in [-0.2, 0) is 6.54 Å². The topological polar surface area (TPSA) is 38.5 Å². The number of aryl methyl sites for hydroxylation is 1. The van der Waals surface area contributed by atoms with E-state index in [0.717, 1.165) is 25.4 Å². The van der Waals surface area contributed by atoms with Gasteiger partial charge in [-0.1, -0.05) is 6.92 Å². The zero-order chi connectivity index (χ0) is 14.6. The quantitative estimate of drug-likeness (QED) is 0.858. The molecule has 0 radical (unpaired) electrons. The molecule has 0 bridgehead atoms. The first-order valence-corrected chi connectivity index (χ1v) is 6.93. The average molecular weight is 264 g/mol. The van der Waals surface area contributed by atoms with Gasteiger partial charge in [0.1, 0.15) is 5.75 Å². The van der Waals surface area contributed by atoms with E-state index in [9.17, 15) is 0 Å². The Balaban J connectivity index is 2.92. The summed E-state index contributed by atoms with van der Waals surface area (Å²) in [5.41, 5.74) is 11.0. The Labute approximate surface area is 117 Å². The minimum absolute atomic E-state index is 0.532. The van der Waals surface area contributed by atoms with Crippen molar-refractivity contribution in [3.63, 3.8) is 0 Å². The lowest BCUT2D eigenvalue weighted by Crippen LogP contribution is -2.28. The van der Waals surface area contributed by atoms with Gasteiger partial charge < -0.3 is 15.4 Å². The summed E-state index contributed by atoms with van der Waals surface area (Å²) in [6.07, 6.45) is 0. The SMILES string of the molecule is COc1cc(C)c(CN(C)CC(C)CN)c(C)c1C. The van der Waals surface area contributed by atoms with E-state index in [4.69, 9.17) is 10.5 Å². The Hall–Kier alpha value is -1.06. The Bertz CT molecular complexity index is 429. The summed E-state index contributed by atoms with van der Waals surface area (Å²) >= 11 is 0. The van der Waals surface area contributed by atoms with Crippen molar-refractivity contribution >= 4 is 0 Å². The van der Waals surface area contributed by atoms with Crippen LogP contribution in [0.25, 0.3) is 0 Å². The van der Waals surface area contributed by atoms with E-state index >= 15 is 0 Å². The van der Waals surface area contributed by atoms with Gasteiger partial charge in [0.2, 0.25) is 0 Å². The highest BCUT2D eigenvalue weighted by Gasteiger charge is 2.13. The molecule has 0 aliphatic rings. The molecule has 1 aromatic rings. The van der Waals surface area contributed by atoms with Gasteiger partial charge in [-0.2, -0.15) is 0 Å². The van der Waals surface area contributed by atoms with Crippen LogP contribution in [0, 0.1) is 26.7 Å². The normalized spacial score (nSPS) is 12.8. The molecule has 0 aliphatic heterocycles. The number of hydrogen-bond donors (Lipinski definition) is 1. The second kappa shape index (κ2) is 6.92. The summed E-state index contributed by atoms with van der Waals surface area (Å²) in [5.74, 6) is 1.52. The standard InChI is InChI=1S/C16H28N2O/c1-11(8-17)9-18(5)10-15-12(2)7-16(19-6)14(4)13(15)3/h7,11H,8-10,17H2,1-6H3. The van der Waals surface area contributed by atoms with Crippen LogP contribution in [0.2, 0.25) is 0 Å². The summed E-state index contributed by atoms with van der Waals surface area (Å²) in [6.45, 7) is 11.4. The van der Waals surface area contributed by atoms with Crippen LogP contribution in [0.15, 0.2) is 6.07 Å². The predicted molar refractivity (Wildman–Crippen MR) is 81.8 cm³/mol. The van der Waals surface area contributed by atoms with Gasteiger partial charge in [-0.15, -0.1) is 0 Å². The van der Waals surface area contributed by atoms with Crippen molar-refractivity contribution in [2.24, 2.45) is 11.7 Å². The fraction of sp³-hybridized carbons (Fsp3) is 0.625.